The van der Waals surface area contributed by atoms with Gasteiger partial charge in [-0.15, -0.1) is 23.2 Å². The Morgan fingerprint density at radius 3 is 2.05 bits per heavy atom. The van der Waals surface area contributed by atoms with Crippen LogP contribution in [-0.2, 0) is 6.42 Å². The maximum absolute atomic E-state index is 8.79. The number of alkyl halides is 2. The van der Waals surface area contributed by atoms with Gasteiger partial charge in [0.25, 0.3) is 0 Å². The van der Waals surface area contributed by atoms with Crippen LogP contribution in [0.5, 0.6) is 0 Å². The van der Waals surface area contributed by atoms with Crippen LogP contribution in [0.4, 0.5) is 5.69 Å². The van der Waals surface area contributed by atoms with Crippen LogP contribution in [0.15, 0.2) is 24.3 Å². The monoisotopic (exact) mass is 305 g/mol. The summed E-state index contributed by atoms with van der Waals surface area (Å²) < 4.78 is 0. The van der Waals surface area contributed by atoms with Crippen molar-refractivity contribution in [3.63, 3.8) is 0 Å². The number of aryl methyl sites for hydroxylation is 1. The zero-order valence-corrected chi connectivity index (χ0v) is 12.4. The average Bonchev–Trinajstić information content (AvgIpc) is 2.39. The third-order valence-corrected chi connectivity index (χ3v) is 3.28. The Hall–Kier alpha value is -0.480. The molecule has 3 nitrogen and oxygen atoms in total. The standard InChI is InChI=1S/C14H21Cl2NO2/c15-8-10-17(11-9-16)13-6-4-12(5-7-13)2-1-3-14(18)19/h4-7,14,18-19H,1-3,8-11H2. The number of aliphatic hydroxyl groups is 2. The van der Waals surface area contributed by atoms with Crippen molar-refractivity contribution >= 4 is 28.9 Å². The van der Waals surface area contributed by atoms with Gasteiger partial charge in [0.1, 0.15) is 0 Å². The molecule has 0 aliphatic rings. The third kappa shape index (κ3) is 6.48. The second-order valence-electron chi connectivity index (χ2n) is 4.40. The third-order valence-electron chi connectivity index (χ3n) is 2.94. The fourth-order valence-corrected chi connectivity index (χ4v) is 2.34. The minimum absolute atomic E-state index is 0.409. The molecule has 0 aromatic heterocycles. The molecule has 19 heavy (non-hydrogen) atoms. The summed E-state index contributed by atoms with van der Waals surface area (Å²) in [5, 5.41) is 17.6. The molecule has 0 heterocycles. The molecule has 1 aromatic rings. The van der Waals surface area contributed by atoms with E-state index in [4.69, 9.17) is 33.4 Å². The predicted octanol–water partition coefficient (Wildman–Crippen LogP) is 2.60. The number of rotatable bonds is 9. The smallest absolute Gasteiger partial charge is 0.151 e. The van der Waals surface area contributed by atoms with Crippen LogP contribution in [0.2, 0.25) is 0 Å². The Labute approximate surface area is 124 Å². The van der Waals surface area contributed by atoms with Crippen LogP contribution in [0.1, 0.15) is 18.4 Å². The Bertz CT molecular complexity index is 338. The van der Waals surface area contributed by atoms with Crippen molar-refractivity contribution in [1.82, 2.24) is 0 Å². The molecule has 1 aromatic carbocycles. The molecule has 0 aliphatic carbocycles. The van der Waals surface area contributed by atoms with E-state index >= 15 is 0 Å². The first-order chi connectivity index (χ1) is 9.17. The summed E-state index contributed by atoms with van der Waals surface area (Å²) in [6, 6.07) is 8.25. The van der Waals surface area contributed by atoms with Gasteiger partial charge in [0.15, 0.2) is 6.29 Å². The van der Waals surface area contributed by atoms with Crippen LogP contribution in [0, 0.1) is 0 Å². The number of aliphatic hydroxyl groups excluding tert-OH is 1. The number of anilines is 1. The largest absolute Gasteiger partial charge is 0.369 e. The first kappa shape index (κ1) is 16.6. The molecule has 2 N–H and O–H groups in total. The first-order valence-corrected chi connectivity index (χ1v) is 7.56. The summed E-state index contributed by atoms with van der Waals surface area (Å²) in [4.78, 5) is 2.15. The Balaban J connectivity index is 2.53. The lowest BCUT2D eigenvalue weighted by Crippen LogP contribution is -2.27. The van der Waals surface area contributed by atoms with E-state index in [0.29, 0.717) is 18.2 Å². The van der Waals surface area contributed by atoms with Gasteiger partial charge < -0.3 is 15.1 Å². The molecule has 0 unspecified atom stereocenters. The summed E-state index contributed by atoms with van der Waals surface area (Å²) in [5.41, 5.74) is 2.31. The van der Waals surface area contributed by atoms with E-state index in [2.05, 4.69) is 29.2 Å². The van der Waals surface area contributed by atoms with Gasteiger partial charge in [-0.1, -0.05) is 12.1 Å². The van der Waals surface area contributed by atoms with Gasteiger partial charge in [-0.3, -0.25) is 0 Å². The zero-order valence-electron chi connectivity index (χ0n) is 10.9. The highest BCUT2D eigenvalue weighted by Gasteiger charge is 2.05. The highest BCUT2D eigenvalue weighted by Crippen LogP contribution is 2.17. The minimum Gasteiger partial charge on any atom is -0.369 e. The summed E-state index contributed by atoms with van der Waals surface area (Å²) in [5.74, 6) is 1.15. The van der Waals surface area contributed by atoms with Gasteiger partial charge in [0.2, 0.25) is 0 Å². The maximum atomic E-state index is 8.79. The first-order valence-electron chi connectivity index (χ1n) is 6.49. The lowest BCUT2D eigenvalue weighted by Gasteiger charge is -2.23. The van der Waals surface area contributed by atoms with Crippen molar-refractivity contribution in [2.24, 2.45) is 0 Å². The fraction of sp³-hybridized carbons (Fsp3) is 0.571. The van der Waals surface area contributed by atoms with E-state index < -0.39 is 6.29 Å². The Kier molecular flexibility index (Phi) is 8.22. The van der Waals surface area contributed by atoms with E-state index in [1.165, 1.54) is 5.56 Å². The molecule has 0 saturated carbocycles. The fourth-order valence-electron chi connectivity index (χ4n) is 1.94. The molecule has 0 spiro atoms. The van der Waals surface area contributed by atoms with Crippen LogP contribution >= 0.6 is 23.2 Å². The summed E-state index contributed by atoms with van der Waals surface area (Å²) in [6.45, 7) is 1.56. The summed E-state index contributed by atoms with van der Waals surface area (Å²) in [6.07, 6.45) is 0.821. The highest BCUT2D eigenvalue weighted by molar-refractivity contribution is 6.18. The lowest BCUT2D eigenvalue weighted by atomic mass is 10.1. The average molecular weight is 306 g/mol. The Morgan fingerprint density at radius 1 is 1.00 bits per heavy atom. The van der Waals surface area contributed by atoms with Crippen molar-refractivity contribution in [2.75, 3.05) is 29.7 Å². The van der Waals surface area contributed by atoms with E-state index in [1.807, 2.05) is 0 Å². The second-order valence-corrected chi connectivity index (χ2v) is 5.16. The van der Waals surface area contributed by atoms with E-state index in [0.717, 1.165) is 31.6 Å². The molecule has 0 bridgehead atoms. The SMILES string of the molecule is OC(O)CCCc1ccc(N(CCCl)CCCl)cc1. The normalized spacial score (nSPS) is 11.0. The van der Waals surface area contributed by atoms with E-state index in [1.54, 1.807) is 0 Å². The van der Waals surface area contributed by atoms with Crippen molar-refractivity contribution < 1.29 is 10.2 Å². The van der Waals surface area contributed by atoms with Gasteiger partial charge in [-0.05, 0) is 37.0 Å². The summed E-state index contributed by atoms with van der Waals surface area (Å²) >= 11 is 11.6. The van der Waals surface area contributed by atoms with E-state index in [9.17, 15) is 0 Å². The lowest BCUT2D eigenvalue weighted by molar-refractivity contribution is -0.0461. The molecule has 5 heteroatoms. The molecule has 1 rings (SSSR count). The number of hydrogen-bond acceptors (Lipinski definition) is 3. The molecular weight excluding hydrogens is 285 g/mol. The number of benzene rings is 1. The molecule has 0 fully saturated rings. The van der Waals surface area contributed by atoms with Gasteiger partial charge >= 0.3 is 0 Å². The van der Waals surface area contributed by atoms with Crippen LogP contribution in [0.25, 0.3) is 0 Å². The molecule has 0 saturated heterocycles. The molecule has 0 amide bonds. The summed E-state index contributed by atoms with van der Waals surface area (Å²) in [7, 11) is 0. The molecular formula is C14H21Cl2NO2. The zero-order chi connectivity index (χ0) is 14.1. The minimum atomic E-state index is -1.21. The van der Waals surface area contributed by atoms with E-state index in [-0.39, 0.29) is 0 Å². The second kappa shape index (κ2) is 9.43. The Morgan fingerprint density at radius 2 is 1.58 bits per heavy atom. The van der Waals surface area contributed by atoms with Crippen LogP contribution < -0.4 is 4.90 Å². The van der Waals surface area contributed by atoms with Crippen molar-refractivity contribution in [2.45, 2.75) is 25.6 Å². The molecule has 0 atom stereocenters. The highest BCUT2D eigenvalue weighted by atomic mass is 35.5. The van der Waals surface area contributed by atoms with Crippen LogP contribution in [0.3, 0.4) is 0 Å². The maximum Gasteiger partial charge on any atom is 0.151 e. The van der Waals surface area contributed by atoms with Gasteiger partial charge in [-0.2, -0.15) is 0 Å². The molecule has 0 aliphatic heterocycles. The quantitative estimate of drug-likeness (QED) is 0.544. The molecule has 0 radical (unpaired) electrons. The number of halogens is 2. The number of nitrogens with zero attached hydrogens (tertiary/aromatic N) is 1. The van der Waals surface area contributed by atoms with Crippen molar-refractivity contribution in [3.05, 3.63) is 29.8 Å². The van der Waals surface area contributed by atoms with Crippen molar-refractivity contribution in [1.29, 1.82) is 0 Å². The predicted molar refractivity (Wildman–Crippen MR) is 81.3 cm³/mol. The molecule has 108 valence electrons. The van der Waals surface area contributed by atoms with Gasteiger partial charge in [0.05, 0.1) is 0 Å². The van der Waals surface area contributed by atoms with Gasteiger partial charge in [0, 0.05) is 30.5 Å². The number of hydrogen-bond donors (Lipinski definition) is 2. The van der Waals surface area contributed by atoms with Crippen LogP contribution in [-0.4, -0.2) is 41.4 Å². The van der Waals surface area contributed by atoms with Crippen molar-refractivity contribution in [3.8, 4) is 0 Å². The van der Waals surface area contributed by atoms with Gasteiger partial charge in [-0.25, -0.2) is 0 Å². The topological polar surface area (TPSA) is 43.7 Å².